The van der Waals surface area contributed by atoms with Crippen molar-refractivity contribution in [2.24, 2.45) is 0 Å². The van der Waals surface area contributed by atoms with Crippen LogP contribution < -0.4 is 10.3 Å². The maximum absolute atomic E-state index is 12.3. The van der Waals surface area contributed by atoms with Crippen molar-refractivity contribution in [2.75, 3.05) is 7.11 Å². The second-order valence-corrected chi connectivity index (χ2v) is 4.66. The zero-order chi connectivity index (χ0) is 16.3. The van der Waals surface area contributed by atoms with Crippen molar-refractivity contribution in [3.05, 3.63) is 52.3 Å². The molecule has 2 rings (SSSR count). The zero-order valence-electron chi connectivity index (χ0n) is 12.1. The van der Waals surface area contributed by atoms with Crippen LogP contribution in [0.25, 0.3) is 11.3 Å². The smallest absolute Gasteiger partial charge is 0.326 e. The Morgan fingerprint density at radius 2 is 1.91 bits per heavy atom. The fourth-order valence-corrected chi connectivity index (χ4v) is 2.13. The van der Waals surface area contributed by atoms with E-state index in [4.69, 9.17) is 10.00 Å². The first kappa shape index (κ1) is 15.3. The third kappa shape index (κ3) is 2.69. The number of nitriles is 1. The van der Waals surface area contributed by atoms with E-state index >= 15 is 0 Å². The van der Waals surface area contributed by atoms with Crippen molar-refractivity contribution >= 4 is 5.97 Å². The molecule has 1 aromatic heterocycles. The molecule has 0 aliphatic carbocycles. The Bertz CT molecular complexity index is 800. The summed E-state index contributed by atoms with van der Waals surface area (Å²) in [5.74, 6) is -0.496. The van der Waals surface area contributed by atoms with Crippen LogP contribution in [0.2, 0.25) is 0 Å². The third-order valence-electron chi connectivity index (χ3n) is 3.37. The lowest BCUT2D eigenvalue weighted by molar-refractivity contribution is -0.140. The van der Waals surface area contributed by atoms with Gasteiger partial charge in [0.2, 0.25) is 0 Å². The van der Waals surface area contributed by atoms with E-state index in [2.05, 4.69) is 0 Å². The number of carbonyl (C=O) groups is 1. The molecule has 0 bridgehead atoms. The predicted octanol–water partition coefficient (Wildman–Crippen LogP) is 2.04. The molecule has 22 heavy (non-hydrogen) atoms. The van der Waals surface area contributed by atoms with Gasteiger partial charge in [-0.1, -0.05) is 0 Å². The minimum Gasteiger partial charge on any atom is -0.497 e. The summed E-state index contributed by atoms with van der Waals surface area (Å²) in [6.07, 6.45) is 0. The number of ether oxygens (including phenoxy) is 1. The van der Waals surface area contributed by atoms with Crippen molar-refractivity contribution in [1.82, 2.24) is 4.57 Å². The Kier molecular flexibility index (Phi) is 4.28. The lowest BCUT2D eigenvalue weighted by atomic mass is 10.1. The monoisotopic (exact) mass is 298 g/mol. The number of benzene rings is 1. The second-order valence-electron chi connectivity index (χ2n) is 4.66. The van der Waals surface area contributed by atoms with Gasteiger partial charge in [0.1, 0.15) is 23.4 Å². The molecule has 1 aromatic carbocycles. The first-order valence-corrected chi connectivity index (χ1v) is 6.52. The Hall–Kier alpha value is -3.07. The van der Waals surface area contributed by atoms with Gasteiger partial charge < -0.3 is 9.84 Å². The molecule has 0 fully saturated rings. The summed E-state index contributed by atoms with van der Waals surface area (Å²) in [7, 11) is 1.54. The van der Waals surface area contributed by atoms with Crippen LogP contribution in [0, 0.1) is 11.3 Å². The van der Waals surface area contributed by atoms with E-state index in [0.717, 1.165) is 4.57 Å². The highest BCUT2D eigenvalue weighted by atomic mass is 16.5. The number of hydrogen-bond donors (Lipinski definition) is 1. The summed E-state index contributed by atoms with van der Waals surface area (Å²) >= 11 is 0. The summed E-state index contributed by atoms with van der Waals surface area (Å²) in [6, 6.07) is 10.5. The first-order valence-electron chi connectivity index (χ1n) is 6.52. The van der Waals surface area contributed by atoms with Gasteiger partial charge in [-0.3, -0.25) is 9.36 Å². The van der Waals surface area contributed by atoms with Crippen LogP contribution >= 0.6 is 0 Å². The third-order valence-corrected chi connectivity index (χ3v) is 3.37. The number of methoxy groups -OCH3 is 1. The van der Waals surface area contributed by atoms with Crippen molar-refractivity contribution in [1.29, 1.82) is 5.26 Å². The first-order chi connectivity index (χ1) is 10.5. The molecular weight excluding hydrogens is 284 g/mol. The molecule has 0 saturated heterocycles. The highest BCUT2D eigenvalue weighted by Gasteiger charge is 2.20. The molecule has 1 N–H and O–H groups in total. The molecule has 0 aliphatic heterocycles. The lowest BCUT2D eigenvalue weighted by Crippen LogP contribution is -2.30. The van der Waals surface area contributed by atoms with E-state index in [9.17, 15) is 14.7 Å². The fraction of sp³-hybridized carbons (Fsp3) is 0.188. The summed E-state index contributed by atoms with van der Waals surface area (Å²) in [6.45, 7) is 1.40. The molecule has 112 valence electrons. The van der Waals surface area contributed by atoms with Gasteiger partial charge in [0.25, 0.3) is 5.56 Å². The van der Waals surface area contributed by atoms with Gasteiger partial charge in [0.05, 0.1) is 12.8 Å². The van der Waals surface area contributed by atoms with Gasteiger partial charge in [-0.2, -0.15) is 5.26 Å². The van der Waals surface area contributed by atoms with Crippen LogP contribution in [-0.2, 0) is 4.79 Å². The predicted molar refractivity (Wildman–Crippen MR) is 79.8 cm³/mol. The van der Waals surface area contributed by atoms with Crippen LogP contribution in [0.5, 0.6) is 5.75 Å². The second kappa shape index (κ2) is 6.14. The van der Waals surface area contributed by atoms with Crippen molar-refractivity contribution in [3.63, 3.8) is 0 Å². The molecule has 1 atom stereocenters. The number of carboxylic acid groups (broad SMARTS) is 1. The maximum Gasteiger partial charge on any atom is 0.326 e. The van der Waals surface area contributed by atoms with Crippen molar-refractivity contribution in [2.45, 2.75) is 13.0 Å². The van der Waals surface area contributed by atoms with E-state index in [1.165, 1.54) is 13.0 Å². The van der Waals surface area contributed by atoms with Gasteiger partial charge in [-0.05, 0) is 48.9 Å². The molecule has 0 spiro atoms. The van der Waals surface area contributed by atoms with E-state index < -0.39 is 17.6 Å². The van der Waals surface area contributed by atoms with E-state index in [1.807, 2.05) is 0 Å². The molecular formula is C16H14N2O4. The maximum atomic E-state index is 12.3. The molecule has 6 heteroatoms. The Morgan fingerprint density at radius 3 is 2.41 bits per heavy atom. The minimum absolute atomic E-state index is 0.0923. The van der Waals surface area contributed by atoms with Gasteiger partial charge in [0.15, 0.2) is 0 Å². The quantitative estimate of drug-likeness (QED) is 0.932. The Balaban J connectivity index is 2.69. The lowest BCUT2D eigenvalue weighted by Gasteiger charge is -2.17. The van der Waals surface area contributed by atoms with E-state index in [0.29, 0.717) is 17.0 Å². The number of aliphatic carboxylic acids is 1. The number of rotatable bonds is 4. The fourth-order valence-electron chi connectivity index (χ4n) is 2.13. The molecule has 0 aliphatic rings. The topological polar surface area (TPSA) is 92.3 Å². The van der Waals surface area contributed by atoms with Gasteiger partial charge >= 0.3 is 5.97 Å². The van der Waals surface area contributed by atoms with E-state index in [-0.39, 0.29) is 5.56 Å². The number of pyridine rings is 1. The summed E-state index contributed by atoms with van der Waals surface area (Å²) in [5.41, 5.74) is 0.383. The van der Waals surface area contributed by atoms with Crippen molar-refractivity contribution < 1.29 is 14.6 Å². The van der Waals surface area contributed by atoms with Crippen LogP contribution in [-0.4, -0.2) is 22.8 Å². The van der Waals surface area contributed by atoms with Gasteiger partial charge in [-0.15, -0.1) is 0 Å². The number of nitrogens with zero attached hydrogens (tertiary/aromatic N) is 2. The van der Waals surface area contributed by atoms with Crippen LogP contribution in [0.3, 0.4) is 0 Å². The molecule has 2 aromatic rings. The molecule has 1 heterocycles. The standard InChI is InChI=1S/C16H14N2O4/c1-10(16(20)21)18-14(8-5-12(9-17)15(18)19)11-3-6-13(22-2)7-4-11/h3-8,10H,1-2H3,(H,20,21). The molecule has 0 radical (unpaired) electrons. The summed E-state index contributed by atoms with van der Waals surface area (Å²) in [4.78, 5) is 23.6. The van der Waals surface area contributed by atoms with Crippen LogP contribution in [0.1, 0.15) is 18.5 Å². The SMILES string of the molecule is COc1ccc(-c2ccc(C#N)c(=O)n2C(C)C(=O)O)cc1. The average Bonchev–Trinajstić information content (AvgIpc) is 2.54. The van der Waals surface area contributed by atoms with Crippen LogP contribution in [0.4, 0.5) is 0 Å². The highest BCUT2D eigenvalue weighted by Crippen LogP contribution is 2.24. The zero-order valence-corrected chi connectivity index (χ0v) is 12.1. The normalized spacial score (nSPS) is 11.5. The Labute approximate surface area is 126 Å². The number of aromatic nitrogens is 1. The van der Waals surface area contributed by atoms with Crippen LogP contribution in [0.15, 0.2) is 41.2 Å². The Morgan fingerprint density at radius 1 is 1.27 bits per heavy atom. The molecule has 1 unspecified atom stereocenters. The molecule has 6 nitrogen and oxygen atoms in total. The van der Waals surface area contributed by atoms with E-state index in [1.54, 1.807) is 43.5 Å². The minimum atomic E-state index is -1.15. The number of carboxylic acids is 1. The molecule has 0 saturated carbocycles. The molecule has 0 amide bonds. The summed E-state index contributed by atoms with van der Waals surface area (Å²) < 4.78 is 6.19. The summed E-state index contributed by atoms with van der Waals surface area (Å²) in [5, 5.41) is 18.2. The average molecular weight is 298 g/mol. The van der Waals surface area contributed by atoms with Gasteiger partial charge in [0, 0.05) is 0 Å². The largest absolute Gasteiger partial charge is 0.497 e. The highest BCUT2D eigenvalue weighted by molar-refractivity contribution is 5.73. The van der Waals surface area contributed by atoms with Gasteiger partial charge in [-0.25, -0.2) is 4.79 Å². The number of hydrogen-bond acceptors (Lipinski definition) is 4. The van der Waals surface area contributed by atoms with Crippen molar-refractivity contribution in [3.8, 4) is 23.1 Å².